The highest BCUT2D eigenvalue weighted by atomic mass is 16.1. The van der Waals surface area contributed by atoms with E-state index in [0.29, 0.717) is 23.6 Å². The average molecular weight is 333 g/mol. The molecule has 0 aliphatic heterocycles. The van der Waals surface area contributed by atoms with E-state index in [2.05, 4.69) is 22.3 Å². The molecule has 1 N–H and O–H groups in total. The topological polar surface area (TPSA) is 67.8 Å². The van der Waals surface area contributed by atoms with Crippen molar-refractivity contribution >= 4 is 5.78 Å². The largest absolute Gasteiger partial charge is 0.345 e. The van der Waals surface area contributed by atoms with Crippen LogP contribution < -0.4 is 5.56 Å². The molecule has 2 heterocycles. The van der Waals surface area contributed by atoms with Crippen molar-refractivity contribution in [1.29, 1.82) is 0 Å². The second-order valence-electron chi connectivity index (χ2n) is 6.58. The Bertz CT molecular complexity index is 958. The molecule has 1 fully saturated rings. The maximum atomic E-state index is 12.8. The number of H-pyrrole nitrogens is 1. The summed E-state index contributed by atoms with van der Waals surface area (Å²) in [6.07, 6.45) is 3.07. The Kier molecular flexibility index (Phi) is 3.84. The number of carbonyl (C=O) groups excluding carboxylic acids is 1. The van der Waals surface area contributed by atoms with Gasteiger partial charge in [0.25, 0.3) is 5.56 Å². The molecule has 2 aromatic heterocycles. The lowest BCUT2D eigenvalue weighted by Crippen LogP contribution is -2.11. The molecule has 0 spiro atoms. The molecular weight excluding hydrogens is 314 g/mol. The maximum Gasteiger partial charge on any atom is 0.264 e. The zero-order valence-electron chi connectivity index (χ0n) is 14.0. The van der Waals surface area contributed by atoms with Crippen molar-refractivity contribution in [2.45, 2.75) is 25.2 Å². The van der Waals surface area contributed by atoms with E-state index in [9.17, 15) is 9.59 Å². The third-order valence-electron chi connectivity index (χ3n) is 4.78. The summed E-state index contributed by atoms with van der Waals surface area (Å²) in [5, 5.41) is 6.46. The predicted molar refractivity (Wildman–Crippen MR) is 94.9 cm³/mol. The molecule has 0 amide bonds. The van der Waals surface area contributed by atoms with Gasteiger partial charge in [0, 0.05) is 30.8 Å². The summed E-state index contributed by atoms with van der Waals surface area (Å²) in [6, 6.07) is 14.9. The Labute approximate surface area is 145 Å². The molecule has 0 saturated heterocycles. The van der Waals surface area contributed by atoms with E-state index in [-0.39, 0.29) is 11.3 Å². The van der Waals surface area contributed by atoms with Gasteiger partial charge in [-0.2, -0.15) is 5.10 Å². The van der Waals surface area contributed by atoms with E-state index in [1.54, 1.807) is 6.07 Å². The Balaban J connectivity index is 1.55. The van der Waals surface area contributed by atoms with Gasteiger partial charge in [-0.25, -0.2) is 5.10 Å². The predicted octanol–water partition coefficient (Wildman–Crippen LogP) is 2.81. The first kappa shape index (κ1) is 15.6. The van der Waals surface area contributed by atoms with Gasteiger partial charge in [-0.15, -0.1) is 0 Å². The molecule has 126 valence electrons. The average Bonchev–Trinajstić information content (AvgIpc) is 3.42. The van der Waals surface area contributed by atoms with E-state index < -0.39 is 0 Å². The van der Waals surface area contributed by atoms with Crippen LogP contribution in [0.15, 0.2) is 53.3 Å². The number of aromatic amines is 1. The molecule has 0 bridgehead atoms. The van der Waals surface area contributed by atoms with Crippen molar-refractivity contribution in [3.63, 3.8) is 0 Å². The van der Waals surface area contributed by atoms with Crippen LogP contribution in [-0.2, 0) is 13.5 Å². The minimum absolute atomic E-state index is 0.0190. The van der Waals surface area contributed by atoms with E-state index in [1.807, 2.05) is 35.9 Å². The van der Waals surface area contributed by atoms with Gasteiger partial charge in [0.2, 0.25) is 5.78 Å². The summed E-state index contributed by atoms with van der Waals surface area (Å²) in [7, 11) is 1.88. The van der Waals surface area contributed by atoms with Crippen molar-refractivity contribution in [3.8, 4) is 0 Å². The standard InChI is InChI=1S/C20H19N3O2/c1-23-17(12-16-8-11-19(24)22-21-16)9-10-18(23)20(25)15-6-4-14(5-7-15)13-2-3-13/h4-11,13H,2-3,12H2,1H3,(H,22,24). The van der Waals surface area contributed by atoms with Gasteiger partial charge in [-0.3, -0.25) is 9.59 Å². The first-order chi connectivity index (χ1) is 12.1. The number of aromatic nitrogens is 3. The molecule has 1 aliphatic rings. The first-order valence-electron chi connectivity index (χ1n) is 8.45. The zero-order valence-corrected chi connectivity index (χ0v) is 14.0. The molecule has 1 aliphatic carbocycles. The number of carbonyl (C=O) groups is 1. The lowest BCUT2D eigenvalue weighted by atomic mass is 10.0. The molecule has 3 aromatic rings. The Morgan fingerprint density at radius 1 is 1.12 bits per heavy atom. The van der Waals surface area contributed by atoms with Gasteiger partial charge in [0.1, 0.15) is 0 Å². The summed E-state index contributed by atoms with van der Waals surface area (Å²) in [5.74, 6) is 0.709. The SMILES string of the molecule is Cn1c(Cc2ccc(=O)[nH]n2)ccc1C(=O)c1ccc(C2CC2)cc1. The second kappa shape index (κ2) is 6.16. The lowest BCUT2D eigenvalue weighted by Gasteiger charge is -2.08. The van der Waals surface area contributed by atoms with Crippen LogP contribution in [0.4, 0.5) is 0 Å². The minimum atomic E-state index is -0.221. The van der Waals surface area contributed by atoms with Crippen molar-refractivity contribution in [2.75, 3.05) is 0 Å². The van der Waals surface area contributed by atoms with Crippen molar-refractivity contribution in [3.05, 3.63) is 87.1 Å². The fourth-order valence-corrected chi connectivity index (χ4v) is 3.09. The van der Waals surface area contributed by atoms with Crippen molar-refractivity contribution in [1.82, 2.24) is 14.8 Å². The molecule has 0 radical (unpaired) electrons. The van der Waals surface area contributed by atoms with Crippen LogP contribution in [-0.4, -0.2) is 20.5 Å². The highest BCUT2D eigenvalue weighted by Gasteiger charge is 2.23. The van der Waals surface area contributed by atoms with Gasteiger partial charge in [0.05, 0.1) is 11.4 Å². The molecule has 0 atom stereocenters. The lowest BCUT2D eigenvalue weighted by molar-refractivity contribution is 0.103. The molecule has 5 heteroatoms. The highest BCUT2D eigenvalue weighted by molar-refractivity contribution is 6.08. The summed E-state index contributed by atoms with van der Waals surface area (Å²) < 4.78 is 1.89. The monoisotopic (exact) mass is 333 g/mol. The Hall–Kier alpha value is -2.95. The number of hydrogen-bond acceptors (Lipinski definition) is 3. The smallest absolute Gasteiger partial charge is 0.264 e. The number of ketones is 1. The molecule has 5 nitrogen and oxygen atoms in total. The maximum absolute atomic E-state index is 12.8. The number of nitrogens with one attached hydrogen (secondary N) is 1. The van der Waals surface area contributed by atoms with E-state index in [4.69, 9.17) is 0 Å². The second-order valence-corrected chi connectivity index (χ2v) is 6.58. The van der Waals surface area contributed by atoms with Crippen molar-refractivity contribution < 1.29 is 4.79 Å². The zero-order chi connectivity index (χ0) is 17.4. The molecule has 4 rings (SSSR count). The van der Waals surface area contributed by atoms with Crippen LogP contribution in [0.3, 0.4) is 0 Å². The number of hydrogen-bond donors (Lipinski definition) is 1. The fraction of sp³-hybridized carbons (Fsp3) is 0.250. The fourth-order valence-electron chi connectivity index (χ4n) is 3.09. The van der Waals surface area contributed by atoms with Crippen LogP contribution in [0.5, 0.6) is 0 Å². The van der Waals surface area contributed by atoms with Gasteiger partial charge in [0.15, 0.2) is 0 Å². The highest BCUT2D eigenvalue weighted by Crippen LogP contribution is 2.39. The van der Waals surface area contributed by atoms with Gasteiger partial charge < -0.3 is 4.57 Å². The third-order valence-corrected chi connectivity index (χ3v) is 4.78. The van der Waals surface area contributed by atoms with Crippen molar-refractivity contribution in [2.24, 2.45) is 7.05 Å². The molecule has 0 unspecified atom stereocenters. The summed E-state index contributed by atoms with van der Waals surface area (Å²) in [4.78, 5) is 23.9. The number of nitrogens with zero attached hydrogens (tertiary/aromatic N) is 2. The Morgan fingerprint density at radius 2 is 1.88 bits per heavy atom. The van der Waals surface area contributed by atoms with Crippen LogP contribution in [0, 0.1) is 0 Å². The quantitative estimate of drug-likeness (QED) is 0.730. The van der Waals surface area contributed by atoms with E-state index in [0.717, 1.165) is 11.4 Å². The normalized spacial score (nSPS) is 13.8. The molecule has 1 saturated carbocycles. The first-order valence-corrected chi connectivity index (χ1v) is 8.45. The summed E-state index contributed by atoms with van der Waals surface area (Å²) in [6.45, 7) is 0. The van der Waals surface area contributed by atoms with E-state index >= 15 is 0 Å². The van der Waals surface area contributed by atoms with Crippen LogP contribution >= 0.6 is 0 Å². The summed E-state index contributed by atoms with van der Waals surface area (Å²) >= 11 is 0. The molecule has 25 heavy (non-hydrogen) atoms. The third kappa shape index (κ3) is 3.18. The number of benzene rings is 1. The van der Waals surface area contributed by atoms with Gasteiger partial charge >= 0.3 is 0 Å². The number of rotatable bonds is 5. The van der Waals surface area contributed by atoms with Gasteiger partial charge in [-0.05, 0) is 42.5 Å². The molecule has 1 aromatic carbocycles. The van der Waals surface area contributed by atoms with E-state index in [1.165, 1.54) is 24.5 Å². The van der Waals surface area contributed by atoms with Crippen LogP contribution in [0.1, 0.15) is 51.8 Å². The Morgan fingerprint density at radius 3 is 2.52 bits per heavy atom. The van der Waals surface area contributed by atoms with Crippen LogP contribution in [0.2, 0.25) is 0 Å². The minimum Gasteiger partial charge on any atom is -0.345 e. The van der Waals surface area contributed by atoms with Crippen LogP contribution in [0.25, 0.3) is 0 Å². The van der Waals surface area contributed by atoms with Gasteiger partial charge in [-0.1, -0.05) is 24.3 Å². The summed E-state index contributed by atoms with van der Waals surface area (Å²) in [5.41, 5.74) is 4.19. The molecular formula is C20H19N3O2.